The van der Waals surface area contributed by atoms with Crippen LogP contribution in [0, 0.1) is 0 Å². The second kappa shape index (κ2) is 5.75. The van der Waals surface area contributed by atoms with Crippen LogP contribution in [-0.4, -0.2) is 16.9 Å². The Kier molecular flexibility index (Phi) is 4.07. The number of rotatable bonds is 4. The predicted octanol–water partition coefficient (Wildman–Crippen LogP) is 2.49. The lowest BCUT2D eigenvalue weighted by Gasteiger charge is -2.07. The molecule has 0 aliphatic heterocycles. The molecule has 0 saturated carbocycles. The van der Waals surface area contributed by atoms with E-state index in [0.717, 1.165) is 16.3 Å². The molecule has 1 heterocycles. The maximum atomic E-state index is 11.5. The highest BCUT2D eigenvalue weighted by Gasteiger charge is 2.06. The van der Waals surface area contributed by atoms with Gasteiger partial charge >= 0.3 is 0 Å². The summed E-state index contributed by atoms with van der Waals surface area (Å²) in [6.07, 6.45) is 2.10. The fourth-order valence-electron chi connectivity index (χ4n) is 1.57. The third-order valence-corrected chi connectivity index (χ3v) is 3.18. The van der Waals surface area contributed by atoms with Gasteiger partial charge in [-0.15, -0.1) is 11.3 Å². The van der Waals surface area contributed by atoms with Gasteiger partial charge in [0.25, 0.3) is 0 Å². The molecule has 1 amide bonds. The second-order valence-corrected chi connectivity index (χ2v) is 5.04. The van der Waals surface area contributed by atoms with E-state index in [-0.39, 0.29) is 11.9 Å². The number of nitrogens with one attached hydrogen (secondary N) is 1. The molecular formula is C13H15N3OS. The van der Waals surface area contributed by atoms with Gasteiger partial charge in [0.1, 0.15) is 5.01 Å². The first kappa shape index (κ1) is 12.7. The van der Waals surface area contributed by atoms with E-state index < -0.39 is 0 Å². The Labute approximate surface area is 110 Å². The molecule has 0 spiro atoms. The third kappa shape index (κ3) is 3.38. The standard InChI is InChI=1S/C13H15N3OS/c1-9(14)8-12(17)16-11-4-2-10(3-5-11)13-15-6-7-18-13/h2-7,9H,8,14H2,1H3,(H,16,17). The van der Waals surface area contributed by atoms with Gasteiger partial charge in [-0.25, -0.2) is 4.98 Å². The number of benzene rings is 1. The van der Waals surface area contributed by atoms with Gasteiger partial charge in [-0.05, 0) is 31.2 Å². The van der Waals surface area contributed by atoms with Crippen LogP contribution in [0.3, 0.4) is 0 Å². The van der Waals surface area contributed by atoms with E-state index in [9.17, 15) is 4.79 Å². The highest BCUT2D eigenvalue weighted by Crippen LogP contribution is 2.23. The van der Waals surface area contributed by atoms with Crippen LogP contribution in [0.15, 0.2) is 35.8 Å². The van der Waals surface area contributed by atoms with Crippen molar-refractivity contribution < 1.29 is 4.79 Å². The van der Waals surface area contributed by atoms with Crippen LogP contribution in [0.5, 0.6) is 0 Å². The summed E-state index contributed by atoms with van der Waals surface area (Å²) in [5.74, 6) is -0.0630. The number of hydrogen-bond donors (Lipinski definition) is 2. The van der Waals surface area contributed by atoms with Gasteiger partial charge in [-0.3, -0.25) is 4.79 Å². The van der Waals surface area contributed by atoms with E-state index in [1.165, 1.54) is 0 Å². The van der Waals surface area contributed by atoms with Crippen LogP contribution >= 0.6 is 11.3 Å². The first-order chi connectivity index (χ1) is 8.65. The van der Waals surface area contributed by atoms with Gasteiger partial charge < -0.3 is 11.1 Å². The molecule has 4 nitrogen and oxygen atoms in total. The van der Waals surface area contributed by atoms with Crippen molar-refractivity contribution in [1.82, 2.24) is 4.98 Å². The van der Waals surface area contributed by atoms with Gasteiger partial charge in [-0.1, -0.05) is 0 Å². The lowest BCUT2D eigenvalue weighted by molar-refractivity contribution is -0.116. The molecule has 0 bridgehead atoms. The first-order valence-corrected chi connectivity index (χ1v) is 6.58. The Morgan fingerprint density at radius 3 is 2.72 bits per heavy atom. The van der Waals surface area contributed by atoms with Gasteiger partial charge in [0.05, 0.1) is 0 Å². The lowest BCUT2D eigenvalue weighted by Crippen LogP contribution is -2.23. The van der Waals surface area contributed by atoms with Crippen molar-refractivity contribution in [2.45, 2.75) is 19.4 Å². The number of nitrogens with zero attached hydrogens (tertiary/aromatic N) is 1. The second-order valence-electron chi connectivity index (χ2n) is 4.14. The van der Waals surface area contributed by atoms with Crippen molar-refractivity contribution >= 4 is 22.9 Å². The lowest BCUT2D eigenvalue weighted by atomic mass is 10.2. The quantitative estimate of drug-likeness (QED) is 0.888. The first-order valence-electron chi connectivity index (χ1n) is 5.70. The fraction of sp³-hybridized carbons (Fsp3) is 0.231. The largest absolute Gasteiger partial charge is 0.327 e. The van der Waals surface area contributed by atoms with Gasteiger partial charge in [0, 0.05) is 35.3 Å². The highest BCUT2D eigenvalue weighted by atomic mass is 32.1. The summed E-state index contributed by atoms with van der Waals surface area (Å²) in [6.45, 7) is 1.81. The molecule has 0 aliphatic carbocycles. The number of nitrogens with two attached hydrogens (primary N) is 1. The normalized spacial score (nSPS) is 12.1. The van der Waals surface area contributed by atoms with Crippen molar-refractivity contribution in [3.63, 3.8) is 0 Å². The molecule has 2 rings (SSSR count). The minimum Gasteiger partial charge on any atom is -0.327 e. The van der Waals surface area contributed by atoms with Crippen LogP contribution < -0.4 is 11.1 Å². The summed E-state index contributed by atoms with van der Waals surface area (Å²) in [6, 6.07) is 7.51. The molecule has 0 aliphatic rings. The van der Waals surface area contributed by atoms with Crippen LogP contribution in [0.4, 0.5) is 5.69 Å². The summed E-state index contributed by atoms with van der Waals surface area (Å²) in [7, 11) is 0. The van der Waals surface area contributed by atoms with Gasteiger partial charge in [-0.2, -0.15) is 0 Å². The molecule has 1 aromatic heterocycles. The van der Waals surface area contributed by atoms with Gasteiger partial charge in [0.15, 0.2) is 0 Å². The van der Waals surface area contributed by atoms with E-state index in [0.29, 0.717) is 6.42 Å². The minimum atomic E-state index is -0.125. The monoisotopic (exact) mass is 261 g/mol. The smallest absolute Gasteiger partial charge is 0.225 e. The van der Waals surface area contributed by atoms with Crippen molar-refractivity contribution in [3.05, 3.63) is 35.8 Å². The third-order valence-electron chi connectivity index (χ3n) is 2.36. The predicted molar refractivity (Wildman–Crippen MR) is 74.4 cm³/mol. The molecule has 0 radical (unpaired) electrons. The number of carbonyl (C=O) groups excluding carboxylic acids is 1. The highest BCUT2D eigenvalue weighted by molar-refractivity contribution is 7.13. The molecule has 18 heavy (non-hydrogen) atoms. The Balaban J connectivity index is 2.02. The minimum absolute atomic E-state index is 0.0630. The number of thiazole rings is 1. The number of amides is 1. The van der Waals surface area contributed by atoms with E-state index in [1.807, 2.05) is 36.6 Å². The maximum Gasteiger partial charge on any atom is 0.225 e. The molecule has 2 aromatic rings. The van der Waals surface area contributed by atoms with Crippen LogP contribution in [0.25, 0.3) is 10.6 Å². The Morgan fingerprint density at radius 2 is 2.17 bits per heavy atom. The Bertz CT molecular complexity index is 506. The summed E-state index contributed by atoms with van der Waals surface area (Å²) >= 11 is 1.59. The Morgan fingerprint density at radius 1 is 1.44 bits per heavy atom. The van der Waals surface area contributed by atoms with E-state index in [1.54, 1.807) is 17.5 Å². The molecule has 0 saturated heterocycles. The molecule has 1 atom stereocenters. The molecule has 1 aromatic carbocycles. The van der Waals surface area contributed by atoms with Crippen LogP contribution in [0.1, 0.15) is 13.3 Å². The summed E-state index contributed by atoms with van der Waals surface area (Å²) in [5.41, 5.74) is 7.40. The Hall–Kier alpha value is -1.72. The van der Waals surface area contributed by atoms with Crippen molar-refractivity contribution in [3.8, 4) is 10.6 Å². The van der Waals surface area contributed by atoms with Crippen LogP contribution in [-0.2, 0) is 4.79 Å². The number of anilines is 1. The zero-order chi connectivity index (χ0) is 13.0. The van der Waals surface area contributed by atoms with E-state index in [2.05, 4.69) is 10.3 Å². The van der Waals surface area contributed by atoms with Crippen molar-refractivity contribution in [1.29, 1.82) is 0 Å². The summed E-state index contributed by atoms with van der Waals surface area (Å²) in [5, 5.41) is 5.72. The van der Waals surface area contributed by atoms with Crippen molar-refractivity contribution in [2.24, 2.45) is 5.73 Å². The topological polar surface area (TPSA) is 68.0 Å². The van der Waals surface area contributed by atoms with Gasteiger partial charge in [0.2, 0.25) is 5.91 Å². The SMILES string of the molecule is CC(N)CC(=O)Nc1ccc(-c2nccs2)cc1. The molecule has 0 fully saturated rings. The fourth-order valence-corrected chi connectivity index (χ4v) is 2.21. The molecule has 3 N–H and O–H groups in total. The molecule has 94 valence electrons. The van der Waals surface area contributed by atoms with Crippen LogP contribution in [0.2, 0.25) is 0 Å². The van der Waals surface area contributed by atoms with Crippen molar-refractivity contribution in [2.75, 3.05) is 5.32 Å². The van der Waals surface area contributed by atoms with E-state index in [4.69, 9.17) is 5.73 Å². The molecule has 5 heteroatoms. The number of carbonyl (C=O) groups is 1. The number of aromatic nitrogens is 1. The number of hydrogen-bond acceptors (Lipinski definition) is 4. The zero-order valence-electron chi connectivity index (χ0n) is 10.1. The summed E-state index contributed by atoms with van der Waals surface area (Å²) < 4.78 is 0. The zero-order valence-corrected chi connectivity index (χ0v) is 10.9. The summed E-state index contributed by atoms with van der Waals surface area (Å²) in [4.78, 5) is 15.8. The molecular weight excluding hydrogens is 246 g/mol. The maximum absolute atomic E-state index is 11.5. The van der Waals surface area contributed by atoms with E-state index >= 15 is 0 Å². The molecule has 1 unspecified atom stereocenters. The average Bonchev–Trinajstić information content (AvgIpc) is 2.82. The average molecular weight is 261 g/mol.